The highest BCUT2D eigenvalue weighted by Crippen LogP contribution is 2.29. The van der Waals surface area contributed by atoms with Crippen molar-refractivity contribution in [1.29, 1.82) is 0 Å². The monoisotopic (exact) mass is 392 g/mol. The summed E-state index contributed by atoms with van der Waals surface area (Å²) in [5.41, 5.74) is 4.10. The zero-order chi connectivity index (χ0) is 19.9. The van der Waals surface area contributed by atoms with E-state index in [1.165, 1.54) is 17.3 Å². The van der Waals surface area contributed by atoms with E-state index in [1.54, 1.807) is 0 Å². The van der Waals surface area contributed by atoms with E-state index in [4.69, 9.17) is 4.74 Å². The van der Waals surface area contributed by atoms with Crippen LogP contribution in [0.5, 0.6) is 5.75 Å². The number of thioether (sulfide) groups is 1. The second-order valence-corrected chi connectivity index (χ2v) is 7.33. The molecule has 0 atom stereocenters. The Kier molecular flexibility index (Phi) is 6.71. The molecule has 1 fully saturated rings. The average molecular weight is 393 g/mol. The smallest absolute Gasteiger partial charge is 0.264 e. The summed E-state index contributed by atoms with van der Waals surface area (Å²) in [5, 5.41) is 3.43. The van der Waals surface area contributed by atoms with Crippen LogP contribution in [0.3, 0.4) is 0 Å². The molecule has 1 heterocycles. The van der Waals surface area contributed by atoms with Gasteiger partial charge in [0.1, 0.15) is 5.75 Å². The highest BCUT2D eigenvalue weighted by Gasteiger charge is 2.23. The number of nitrogens with one attached hydrogen (secondary N) is 1. The molecule has 3 rings (SSSR count). The lowest BCUT2D eigenvalue weighted by Crippen LogP contribution is -2.19. The Morgan fingerprint density at radius 2 is 1.96 bits per heavy atom. The van der Waals surface area contributed by atoms with Crippen molar-refractivity contribution in [2.75, 3.05) is 6.61 Å². The Bertz CT molecular complexity index is 930. The predicted octanol–water partition coefficient (Wildman–Crippen LogP) is 5.27. The van der Waals surface area contributed by atoms with Crippen molar-refractivity contribution in [3.63, 3.8) is 0 Å². The molecule has 0 radical (unpaired) electrons. The number of aryl methyl sites for hydroxylation is 1. The third-order valence-electron chi connectivity index (χ3n) is 4.27. The van der Waals surface area contributed by atoms with Gasteiger partial charge in [0.05, 0.1) is 17.2 Å². The lowest BCUT2D eigenvalue weighted by molar-refractivity contribution is -0.115. The van der Waals surface area contributed by atoms with Gasteiger partial charge in [-0.3, -0.25) is 4.79 Å². The van der Waals surface area contributed by atoms with Gasteiger partial charge < -0.3 is 10.1 Å². The number of aliphatic imine (C=N–C) groups is 1. The van der Waals surface area contributed by atoms with E-state index in [0.717, 1.165) is 29.0 Å². The van der Waals surface area contributed by atoms with Gasteiger partial charge in [0.15, 0.2) is 5.17 Å². The first kappa shape index (κ1) is 20.0. The van der Waals surface area contributed by atoms with E-state index in [-0.39, 0.29) is 5.91 Å². The van der Waals surface area contributed by atoms with Gasteiger partial charge in [0, 0.05) is 0 Å². The summed E-state index contributed by atoms with van der Waals surface area (Å²) in [7, 11) is 0. The average Bonchev–Trinajstić information content (AvgIpc) is 3.03. The zero-order valence-electron chi connectivity index (χ0n) is 16.2. The summed E-state index contributed by atoms with van der Waals surface area (Å²) in [5.74, 6) is 0.721. The fourth-order valence-electron chi connectivity index (χ4n) is 2.86. The molecule has 0 aromatic heterocycles. The third-order valence-corrected chi connectivity index (χ3v) is 5.18. The Balaban J connectivity index is 1.80. The number of carbonyl (C=O) groups is 1. The standard InChI is InChI=1S/C23H24N2O2S/c1-4-7-18-14-17(10-13-20(18)27-6-3)15-21-22(26)25-23(28-21)24-19-11-8-16(5-2)9-12-19/h4,8-15H,1,5-7H2,2-3H3,(H,24,25,26)/b21-15-. The first-order valence-electron chi connectivity index (χ1n) is 9.38. The molecule has 144 valence electrons. The minimum atomic E-state index is -0.131. The lowest BCUT2D eigenvalue weighted by Gasteiger charge is -2.09. The molecule has 1 N–H and O–H groups in total. The van der Waals surface area contributed by atoms with Gasteiger partial charge in [-0.15, -0.1) is 6.58 Å². The third kappa shape index (κ3) is 4.93. The van der Waals surface area contributed by atoms with E-state index in [0.29, 0.717) is 23.1 Å². The van der Waals surface area contributed by atoms with Crippen LogP contribution in [0.4, 0.5) is 5.69 Å². The largest absolute Gasteiger partial charge is 0.494 e. The van der Waals surface area contributed by atoms with Gasteiger partial charge in [0.25, 0.3) is 5.91 Å². The van der Waals surface area contributed by atoms with Crippen LogP contribution in [0.2, 0.25) is 0 Å². The number of rotatable bonds is 7. The van der Waals surface area contributed by atoms with Gasteiger partial charge in [0.2, 0.25) is 0 Å². The van der Waals surface area contributed by atoms with Crippen LogP contribution in [0.25, 0.3) is 6.08 Å². The fraction of sp³-hybridized carbons (Fsp3) is 0.217. The molecule has 0 bridgehead atoms. The molecule has 1 saturated heterocycles. The summed E-state index contributed by atoms with van der Waals surface area (Å²) in [4.78, 5) is 17.5. The van der Waals surface area contributed by atoms with Crippen LogP contribution < -0.4 is 10.1 Å². The first-order valence-corrected chi connectivity index (χ1v) is 10.2. The van der Waals surface area contributed by atoms with Crippen LogP contribution in [0.1, 0.15) is 30.5 Å². The molecule has 1 aliphatic rings. The molecule has 5 heteroatoms. The van der Waals surface area contributed by atoms with Gasteiger partial charge in [-0.1, -0.05) is 31.2 Å². The highest BCUT2D eigenvalue weighted by molar-refractivity contribution is 8.18. The fourth-order valence-corrected chi connectivity index (χ4v) is 3.70. The SMILES string of the molecule is C=CCc1cc(/C=C2\SC(=Nc3ccc(CC)cc3)NC2=O)ccc1OCC. The molecule has 0 saturated carbocycles. The van der Waals surface area contributed by atoms with Crippen molar-refractivity contribution in [3.8, 4) is 5.75 Å². The Hall–Kier alpha value is -2.79. The molecular formula is C23H24N2O2S. The van der Waals surface area contributed by atoms with E-state index in [2.05, 4.69) is 35.9 Å². The molecule has 2 aromatic carbocycles. The summed E-state index contributed by atoms with van der Waals surface area (Å²) in [6, 6.07) is 14.0. The Labute approximate surface area is 170 Å². The maximum Gasteiger partial charge on any atom is 0.264 e. The number of ether oxygens (including phenoxy) is 1. The molecule has 28 heavy (non-hydrogen) atoms. The summed E-state index contributed by atoms with van der Waals surface area (Å²) in [6.45, 7) is 8.50. The second kappa shape index (κ2) is 9.42. The molecule has 0 unspecified atom stereocenters. The summed E-state index contributed by atoms with van der Waals surface area (Å²) >= 11 is 1.35. The molecule has 1 amide bonds. The highest BCUT2D eigenvalue weighted by atomic mass is 32.2. The molecular weight excluding hydrogens is 368 g/mol. The zero-order valence-corrected chi connectivity index (χ0v) is 17.0. The van der Waals surface area contributed by atoms with Crippen molar-refractivity contribution in [2.24, 2.45) is 4.99 Å². The first-order chi connectivity index (χ1) is 13.6. The minimum Gasteiger partial charge on any atom is -0.494 e. The number of amides is 1. The van der Waals surface area contributed by atoms with Crippen molar-refractivity contribution in [2.45, 2.75) is 26.7 Å². The summed E-state index contributed by atoms with van der Waals surface area (Å²) in [6.07, 6.45) is 5.43. The number of nitrogens with zero attached hydrogens (tertiary/aromatic N) is 1. The predicted molar refractivity (Wildman–Crippen MR) is 118 cm³/mol. The maximum atomic E-state index is 12.3. The number of carbonyl (C=O) groups excluding carboxylic acids is 1. The van der Waals surface area contributed by atoms with Crippen LogP contribution in [0.15, 0.2) is 65.0 Å². The van der Waals surface area contributed by atoms with Gasteiger partial charge in [-0.2, -0.15) is 0 Å². The van der Waals surface area contributed by atoms with E-state index >= 15 is 0 Å². The minimum absolute atomic E-state index is 0.131. The number of benzene rings is 2. The Morgan fingerprint density at radius 1 is 1.18 bits per heavy atom. The van der Waals surface area contributed by atoms with Gasteiger partial charge in [-0.05, 0) is 78.6 Å². The maximum absolute atomic E-state index is 12.3. The summed E-state index contributed by atoms with van der Waals surface area (Å²) < 4.78 is 5.66. The van der Waals surface area contributed by atoms with E-state index < -0.39 is 0 Å². The Morgan fingerprint density at radius 3 is 2.64 bits per heavy atom. The van der Waals surface area contributed by atoms with Crippen LogP contribution in [0, 0.1) is 0 Å². The lowest BCUT2D eigenvalue weighted by atomic mass is 10.1. The number of hydrogen-bond acceptors (Lipinski definition) is 4. The number of allylic oxidation sites excluding steroid dienone is 1. The topological polar surface area (TPSA) is 50.7 Å². The van der Waals surface area contributed by atoms with E-state index in [1.807, 2.05) is 49.4 Å². The number of hydrogen-bond donors (Lipinski definition) is 1. The van der Waals surface area contributed by atoms with Crippen molar-refractivity contribution in [1.82, 2.24) is 5.32 Å². The van der Waals surface area contributed by atoms with Gasteiger partial charge >= 0.3 is 0 Å². The van der Waals surface area contributed by atoms with Gasteiger partial charge in [-0.25, -0.2) is 4.99 Å². The quantitative estimate of drug-likeness (QED) is 0.516. The number of amidine groups is 1. The molecule has 2 aromatic rings. The van der Waals surface area contributed by atoms with Crippen molar-refractivity contribution < 1.29 is 9.53 Å². The normalized spacial score (nSPS) is 16.4. The molecule has 0 aliphatic carbocycles. The second-order valence-electron chi connectivity index (χ2n) is 6.29. The van der Waals surface area contributed by atoms with Crippen molar-refractivity contribution in [3.05, 3.63) is 76.7 Å². The molecule has 0 spiro atoms. The van der Waals surface area contributed by atoms with E-state index in [9.17, 15) is 4.79 Å². The van der Waals surface area contributed by atoms with Crippen molar-refractivity contribution >= 4 is 34.6 Å². The molecule has 4 nitrogen and oxygen atoms in total. The van der Waals surface area contributed by atoms with Crippen LogP contribution in [-0.4, -0.2) is 17.7 Å². The van der Waals surface area contributed by atoms with Crippen LogP contribution >= 0.6 is 11.8 Å². The van der Waals surface area contributed by atoms with Crippen LogP contribution in [-0.2, 0) is 17.6 Å². The molecule has 1 aliphatic heterocycles.